The van der Waals surface area contributed by atoms with Gasteiger partial charge in [0.25, 0.3) is 0 Å². The molecule has 0 saturated heterocycles. The number of alkyl halides is 3. The summed E-state index contributed by atoms with van der Waals surface area (Å²) in [7, 11) is 0. The maximum absolute atomic E-state index is 14.1. The number of hydrogen-bond donors (Lipinski definition) is 1. The molecule has 0 unspecified atom stereocenters. The van der Waals surface area contributed by atoms with Crippen LogP contribution in [0.4, 0.5) is 13.2 Å². The van der Waals surface area contributed by atoms with E-state index >= 15 is 0 Å². The minimum absolute atomic E-state index is 0.294. The average Bonchev–Trinajstić information content (AvgIpc) is 2.73. The van der Waals surface area contributed by atoms with Crippen molar-refractivity contribution in [2.24, 2.45) is 0 Å². The number of allylic oxidation sites excluding steroid dienone is 4. The molecule has 0 aromatic heterocycles. The molecule has 180 valence electrons. The first-order valence-electron chi connectivity index (χ1n) is 12.2. The summed E-state index contributed by atoms with van der Waals surface area (Å²) in [6, 6.07) is 5.49. The third kappa shape index (κ3) is 10.1. The molecule has 0 radical (unpaired) electrons. The zero-order valence-electron chi connectivity index (χ0n) is 20.5. The first-order valence-corrected chi connectivity index (χ1v) is 12.2. The molecule has 0 atom stereocenters. The second-order valence-electron chi connectivity index (χ2n) is 8.75. The van der Waals surface area contributed by atoms with Crippen molar-refractivity contribution in [3.8, 4) is 0 Å². The molecule has 0 aliphatic rings. The smallest absolute Gasteiger partial charge is 0.391 e. The summed E-state index contributed by atoms with van der Waals surface area (Å²) in [6.07, 6.45) is 9.66. The molecule has 0 heterocycles. The van der Waals surface area contributed by atoms with Crippen molar-refractivity contribution in [1.82, 2.24) is 5.32 Å². The number of nitrogens with one attached hydrogen (secondary N) is 1. The number of halogens is 3. The normalized spacial score (nSPS) is 12.8. The van der Waals surface area contributed by atoms with E-state index in [0.717, 1.165) is 36.9 Å². The maximum Gasteiger partial charge on any atom is 0.417 e. The monoisotopic (exact) mass is 449 g/mol. The molecule has 1 N–H and O–H groups in total. The van der Waals surface area contributed by atoms with Crippen LogP contribution in [0, 0.1) is 0 Å². The Morgan fingerprint density at radius 3 is 2.16 bits per heavy atom. The van der Waals surface area contributed by atoms with E-state index < -0.39 is 11.7 Å². The van der Waals surface area contributed by atoms with E-state index in [2.05, 4.69) is 25.7 Å². The van der Waals surface area contributed by atoms with Crippen LogP contribution in [0.2, 0.25) is 0 Å². The summed E-state index contributed by atoms with van der Waals surface area (Å²) < 4.78 is 42.2. The van der Waals surface area contributed by atoms with Gasteiger partial charge in [-0.3, -0.25) is 0 Å². The molecule has 0 aliphatic carbocycles. The summed E-state index contributed by atoms with van der Waals surface area (Å²) >= 11 is 0. The van der Waals surface area contributed by atoms with Gasteiger partial charge in [0, 0.05) is 6.54 Å². The third-order valence-electron chi connectivity index (χ3n) is 5.58. The van der Waals surface area contributed by atoms with Crippen molar-refractivity contribution in [2.75, 3.05) is 6.54 Å². The van der Waals surface area contributed by atoms with Gasteiger partial charge in [0.1, 0.15) is 0 Å². The highest BCUT2D eigenvalue weighted by Gasteiger charge is 2.37. The topological polar surface area (TPSA) is 12.0 Å². The van der Waals surface area contributed by atoms with Crippen LogP contribution in [-0.4, -0.2) is 12.7 Å². The second-order valence-corrected chi connectivity index (χ2v) is 8.75. The summed E-state index contributed by atoms with van der Waals surface area (Å²) in [6.45, 7) is 12.3. The lowest BCUT2D eigenvalue weighted by Gasteiger charge is -2.21. The molecule has 32 heavy (non-hydrogen) atoms. The average molecular weight is 450 g/mol. The summed E-state index contributed by atoms with van der Waals surface area (Å²) in [4.78, 5) is 0. The van der Waals surface area contributed by atoms with Crippen molar-refractivity contribution in [3.05, 3.63) is 59.3 Å². The molecular formula is C28H42F3N. The summed E-state index contributed by atoms with van der Waals surface area (Å²) in [5, 5.41) is 3.31. The van der Waals surface area contributed by atoms with E-state index in [4.69, 9.17) is 0 Å². The number of benzene rings is 1. The Morgan fingerprint density at radius 1 is 0.938 bits per heavy atom. The van der Waals surface area contributed by atoms with Crippen LogP contribution < -0.4 is 5.32 Å². The second kappa shape index (κ2) is 15.0. The zero-order chi connectivity index (χ0) is 24.0. The van der Waals surface area contributed by atoms with Gasteiger partial charge in [0.2, 0.25) is 0 Å². The third-order valence-corrected chi connectivity index (χ3v) is 5.58. The summed E-state index contributed by atoms with van der Waals surface area (Å²) in [5.74, 6) is 0. The Hall–Kier alpha value is -1.97. The van der Waals surface area contributed by atoms with E-state index in [1.165, 1.54) is 44.6 Å². The van der Waals surface area contributed by atoms with Gasteiger partial charge in [-0.1, -0.05) is 89.1 Å². The van der Waals surface area contributed by atoms with E-state index in [9.17, 15) is 13.2 Å². The number of aryl methyl sites for hydroxylation is 1. The fourth-order valence-electron chi connectivity index (χ4n) is 3.85. The molecule has 0 amide bonds. The predicted molar refractivity (Wildman–Crippen MR) is 134 cm³/mol. The lowest BCUT2D eigenvalue weighted by atomic mass is 9.87. The van der Waals surface area contributed by atoms with Gasteiger partial charge in [0.15, 0.2) is 0 Å². The van der Waals surface area contributed by atoms with E-state index in [1.807, 2.05) is 25.3 Å². The lowest BCUT2D eigenvalue weighted by molar-refractivity contribution is -0.0690. The standard InChI is InChI=1S/C28H42F3N/c1-6-8-10-11-12-13-14-19-32-21-23(5)25-18-15-17-24(16-9-7-2)27(25)26(20-22(3)4)28(29,30)31/h15,17-18,20-21,32H,3,6-14,16,19H2,1-2,4-5H3/b23-21-,26-20+. The molecule has 0 spiro atoms. The first kappa shape index (κ1) is 28.1. The fourth-order valence-corrected chi connectivity index (χ4v) is 3.85. The van der Waals surface area contributed by atoms with Gasteiger partial charge in [-0.15, -0.1) is 0 Å². The fraction of sp³-hybridized carbons (Fsp3) is 0.571. The Bertz CT molecular complexity index is 756. The number of hydrogen-bond acceptors (Lipinski definition) is 1. The number of rotatable bonds is 15. The molecule has 1 nitrogen and oxygen atoms in total. The largest absolute Gasteiger partial charge is 0.417 e. The van der Waals surface area contributed by atoms with E-state index in [0.29, 0.717) is 23.1 Å². The van der Waals surface area contributed by atoms with Crippen molar-refractivity contribution in [3.63, 3.8) is 0 Å². The van der Waals surface area contributed by atoms with Crippen LogP contribution >= 0.6 is 0 Å². The Balaban J connectivity index is 3.05. The van der Waals surface area contributed by atoms with Crippen LogP contribution in [0.15, 0.2) is 42.6 Å². The van der Waals surface area contributed by atoms with Gasteiger partial charge in [-0.25, -0.2) is 0 Å². The lowest BCUT2D eigenvalue weighted by Crippen LogP contribution is -2.15. The maximum atomic E-state index is 14.1. The van der Waals surface area contributed by atoms with Gasteiger partial charge >= 0.3 is 6.18 Å². The molecule has 1 aromatic carbocycles. The van der Waals surface area contributed by atoms with Crippen molar-refractivity contribution in [2.45, 2.75) is 98.1 Å². The molecule has 1 aromatic rings. The van der Waals surface area contributed by atoms with Crippen molar-refractivity contribution >= 4 is 11.1 Å². The minimum atomic E-state index is -4.44. The minimum Gasteiger partial charge on any atom is -0.391 e. The molecule has 4 heteroatoms. The highest BCUT2D eigenvalue weighted by atomic mass is 19.4. The van der Waals surface area contributed by atoms with Gasteiger partial charge < -0.3 is 5.32 Å². The van der Waals surface area contributed by atoms with Crippen molar-refractivity contribution < 1.29 is 13.2 Å². The molecular weight excluding hydrogens is 407 g/mol. The highest BCUT2D eigenvalue weighted by Crippen LogP contribution is 2.40. The molecule has 0 bridgehead atoms. The first-order chi connectivity index (χ1) is 15.2. The van der Waals surface area contributed by atoms with Crippen LogP contribution in [0.5, 0.6) is 0 Å². The van der Waals surface area contributed by atoms with Gasteiger partial charge in [-0.05, 0) is 67.6 Å². The predicted octanol–water partition coefficient (Wildman–Crippen LogP) is 9.25. The van der Waals surface area contributed by atoms with Crippen LogP contribution in [0.3, 0.4) is 0 Å². The Kier molecular flexibility index (Phi) is 13.1. The van der Waals surface area contributed by atoms with Crippen LogP contribution in [0.25, 0.3) is 11.1 Å². The van der Waals surface area contributed by atoms with E-state index in [-0.39, 0.29) is 0 Å². The van der Waals surface area contributed by atoms with Gasteiger partial charge in [-0.2, -0.15) is 13.2 Å². The van der Waals surface area contributed by atoms with Crippen LogP contribution in [0.1, 0.15) is 102 Å². The van der Waals surface area contributed by atoms with E-state index in [1.54, 1.807) is 13.0 Å². The zero-order valence-corrected chi connectivity index (χ0v) is 20.5. The van der Waals surface area contributed by atoms with Crippen LogP contribution in [-0.2, 0) is 6.42 Å². The Labute approximate surface area is 193 Å². The SMILES string of the molecule is C=C(C)/C=C(\c1c(CCCC)cccc1/C(C)=C\NCCCCCCCCC)C(F)(F)F. The molecule has 0 fully saturated rings. The summed E-state index contributed by atoms with van der Waals surface area (Å²) in [5.41, 5.74) is 2.28. The highest BCUT2D eigenvalue weighted by molar-refractivity contribution is 5.83. The molecule has 1 rings (SSSR count). The van der Waals surface area contributed by atoms with Gasteiger partial charge in [0.05, 0.1) is 5.57 Å². The number of unbranched alkanes of at least 4 members (excludes halogenated alkanes) is 7. The van der Waals surface area contributed by atoms with Crippen molar-refractivity contribution in [1.29, 1.82) is 0 Å². The molecule has 0 aliphatic heterocycles. The molecule has 0 saturated carbocycles. The quantitative estimate of drug-likeness (QED) is 0.208. The Morgan fingerprint density at radius 2 is 1.56 bits per heavy atom.